The number of carbonyl (C=O) groups excluding carboxylic acids is 1. The molecule has 0 bridgehead atoms. The zero-order valence-corrected chi connectivity index (χ0v) is 23.7. The normalized spacial score (nSPS) is 14.9. The van der Waals surface area contributed by atoms with Gasteiger partial charge in [-0.2, -0.15) is 0 Å². The van der Waals surface area contributed by atoms with Gasteiger partial charge in [-0.05, 0) is 51.0 Å². The molecule has 2 aliphatic heterocycles. The summed E-state index contributed by atoms with van der Waals surface area (Å²) < 4.78 is 14.6. The van der Waals surface area contributed by atoms with Gasteiger partial charge in [0.05, 0.1) is 18.7 Å². The van der Waals surface area contributed by atoms with Crippen molar-refractivity contribution in [2.24, 2.45) is 0 Å². The van der Waals surface area contributed by atoms with Gasteiger partial charge in [0.15, 0.2) is 11.5 Å². The first kappa shape index (κ1) is 26.7. The summed E-state index contributed by atoms with van der Waals surface area (Å²) in [5.74, 6) is 1.06. The van der Waals surface area contributed by atoms with E-state index in [4.69, 9.17) is 9.47 Å². The molecule has 3 aromatic carbocycles. The van der Waals surface area contributed by atoms with E-state index in [0.717, 1.165) is 40.6 Å². The molecule has 0 spiro atoms. The number of fused-ring (bicyclic) bond motifs is 2. The SMILES string of the molecule is CN1CCN(C(=O)c2cn(Cc3c([N+](=O)[O-])ncn3Cc3ccc4c(c3)OCO4)cc2-c2cccc3ccccc23)CC1. The number of imidazole rings is 1. The maximum atomic E-state index is 14.0. The van der Waals surface area contributed by atoms with Gasteiger partial charge in [-0.1, -0.05) is 48.5 Å². The summed E-state index contributed by atoms with van der Waals surface area (Å²) in [4.78, 5) is 33.8. The predicted octanol–water partition coefficient (Wildman–Crippen LogP) is 4.63. The predicted molar refractivity (Wildman–Crippen MR) is 160 cm³/mol. The van der Waals surface area contributed by atoms with Crippen LogP contribution in [0, 0.1) is 10.1 Å². The molecule has 4 heterocycles. The number of likely N-dealkylation sites (N-methyl/N-ethyl adjacent to an activating group) is 1. The van der Waals surface area contributed by atoms with Gasteiger partial charge in [0.1, 0.15) is 5.69 Å². The van der Waals surface area contributed by atoms with Gasteiger partial charge in [-0.25, -0.2) is 0 Å². The van der Waals surface area contributed by atoms with Crippen molar-refractivity contribution in [3.63, 3.8) is 0 Å². The Labute approximate surface area is 247 Å². The highest BCUT2D eigenvalue weighted by Crippen LogP contribution is 2.35. The Morgan fingerprint density at radius 1 is 0.930 bits per heavy atom. The number of nitrogens with zero attached hydrogens (tertiary/aromatic N) is 6. The molecule has 0 radical (unpaired) electrons. The lowest BCUT2D eigenvalue weighted by Crippen LogP contribution is -2.47. The number of hydrogen-bond donors (Lipinski definition) is 0. The number of aromatic nitrogens is 3. The van der Waals surface area contributed by atoms with Crippen molar-refractivity contribution in [3.05, 3.63) is 106 Å². The van der Waals surface area contributed by atoms with Crippen molar-refractivity contribution in [2.45, 2.75) is 13.1 Å². The van der Waals surface area contributed by atoms with E-state index in [0.29, 0.717) is 42.4 Å². The third-order valence-electron chi connectivity index (χ3n) is 8.20. The summed E-state index contributed by atoms with van der Waals surface area (Å²) >= 11 is 0. The fourth-order valence-electron chi connectivity index (χ4n) is 5.88. The van der Waals surface area contributed by atoms with Crippen LogP contribution >= 0.6 is 0 Å². The largest absolute Gasteiger partial charge is 0.454 e. The molecule has 0 atom stereocenters. The second-order valence-electron chi connectivity index (χ2n) is 11.0. The fraction of sp³-hybridized carbons (Fsp3) is 0.250. The monoisotopic (exact) mass is 578 g/mol. The number of rotatable bonds is 7. The quantitative estimate of drug-likeness (QED) is 0.205. The Hall–Kier alpha value is -5.16. The lowest BCUT2D eigenvalue weighted by molar-refractivity contribution is -0.390. The molecule has 1 saturated heterocycles. The van der Waals surface area contributed by atoms with Crippen LogP contribution in [0.4, 0.5) is 5.82 Å². The molecule has 2 aliphatic rings. The van der Waals surface area contributed by atoms with Crippen molar-refractivity contribution in [1.29, 1.82) is 0 Å². The number of ether oxygens (including phenoxy) is 2. The van der Waals surface area contributed by atoms with Crippen LogP contribution in [-0.4, -0.2) is 74.8 Å². The molecule has 1 fully saturated rings. The molecule has 7 rings (SSSR count). The number of hydrogen-bond acceptors (Lipinski definition) is 7. The summed E-state index contributed by atoms with van der Waals surface area (Å²) in [6.07, 6.45) is 5.23. The van der Waals surface area contributed by atoms with Crippen LogP contribution in [0.25, 0.3) is 21.9 Å². The van der Waals surface area contributed by atoms with Crippen LogP contribution in [0.5, 0.6) is 11.5 Å². The van der Waals surface area contributed by atoms with E-state index in [-0.39, 0.29) is 25.1 Å². The van der Waals surface area contributed by atoms with Crippen molar-refractivity contribution in [2.75, 3.05) is 40.0 Å². The van der Waals surface area contributed by atoms with E-state index < -0.39 is 4.92 Å². The Morgan fingerprint density at radius 2 is 1.72 bits per heavy atom. The van der Waals surface area contributed by atoms with Crippen molar-refractivity contribution in [3.8, 4) is 22.6 Å². The fourth-order valence-corrected chi connectivity index (χ4v) is 5.88. The Bertz CT molecular complexity index is 1850. The first-order valence-electron chi connectivity index (χ1n) is 14.2. The average molecular weight is 579 g/mol. The minimum atomic E-state index is -0.461. The van der Waals surface area contributed by atoms with Gasteiger partial charge in [0.25, 0.3) is 5.91 Å². The smallest absolute Gasteiger partial charge is 0.386 e. The number of benzene rings is 3. The van der Waals surface area contributed by atoms with Gasteiger partial charge in [0.2, 0.25) is 13.1 Å². The van der Waals surface area contributed by atoms with Crippen LogP contribution in [0.2, 0.25) is 0 Å². The first-order valence-corrected chi connectivity index (χ1v) is 14.2. The van der Waals surface area contributed by atoms with Crippen molar-refractivity contribution >= 4 is 22.5 Å². The minimum absolute atomic E-state index is 0.0434. The third-order valence-corrected chi connectivity index (χ3v) is 8.20. The summed E-state index contributed by atoms with van der Waals surface area (Å²) in [5.41, 5.74) is 3.64. The van der Waals surface area contributed by atoms with Crippen LogP contribution in [0.15, 0.2) is 79.4 Å². The van der Waals surface area contributed by atoms with E-state index in [1.807, 2.05) is 64.3 Å². The summed E-state index contributed by atoms with van der Waals surface area (Å²) in [6.45, 7) is 3.59. The lowest BCUT2D eigenvalue weighted by atomic mass is 9.97. The Kier molecular flexibility index (Phi) is 6.78. The van der Waals surface area contributed by atoms with E-state index in [9.17, 15) is 14.9 Å². The van der Waals surface area contributed by atoms with E-state index in [2.05, 4.69) is 35.1 Å². The Balaban J connectivity index is 1.28. The number of amides is 1. The molecule has 11 nitrogen and oxygen atoms in total. The highest BCUT2D eigenvalue weighted by Gasteiger charge is 2.27. The van der Waals surface area contributed by atoms with Gasteiger partial charge in [-0.15, -0.1) is 0 Å². The second kappa shape index (κ2) is 10.9. The maximum Gasteiger partial charge on any atom is 0.386 e. The van der Waals surface area contributed by atoms with E-state index in [1.54, 1.807) is 4.57 Å². The average Bonchev–Trinajstić information content (AvgIpc) is 3.76. The molecule has 0 saturated carbocycles. The number of carbonyl (C=O) groups is 1. The molecule has 5 aromatic rings. The van der Waals surface area contributed by atoms with Gasteiger partial charge >= 0.3 is 5.82 Å². The molecular formula is C32H30N6O5. The van der Waals surface area contributed by atoms with Gasteiger partial charge < -0.3 is 38.5 Å². The van der Waals surface area contributed by atoms with Crippen LogP contribution < -0.4 is 9.47 Å². The van der Waals surface area contributed by atoms with E-state index in [1.165, 1.54) is 6.33 Å². The molecule has 43 heavy (non-hydrogen) atoms. The molecule has 218 valence electrons. The number of nitro groups is 1. The van der Waals surface area contributed by atoms with Crippen LogP contribution in [-0.2, 0) is 13.1 Å². The zero-order valence-electron chi connectivity index (χ0n) is 23.7. The first-order chi connectivity index (χ1) is 20.9. The maximum absolute atomic E-state index is 14.0. The van der Waals surface area contributed by atoms with E-state index >= 15 is 0 Å². The molecular weight excluding hydrogens is 548 g/mol. The lowest BCUT2D eigenvalue weighted by Gasteiger charge is -2.32. The second-order valence-corrected chi connectivity index (χ2v) is 11.0. The van der Waals surface area contributed by atoms with Crippen molar-refractivity contribution in [1.82, 2.24) is 23.9 Å². The molecule has 11 heteroatoms. The molecule has 0 unspecified atom stereocenters. The minimum Gasteiger partial charge on any atom is -0.454 e. The van der Waals surface area contributed by atoms with Gasteiger partial charge in [0, 0.05) is 44.1 Å². The summed E-state index contributed by atoms with van der Waals surface area (Å²) in [7, 11) is 2.06. The highest BCUT2D eigenvalue weighted by molar-refractivity contribution is 6.06. The van der Waals surface area contributed by atoms with Crippen LogP contribution in [0.1, 0.15) is 21.6 Å². The molecule has 2 aromatic heterocycles. The molecule has 0 aliphatic carbocycles. The topological polar surface area (TPSA) is 108 Å². The zero-order chi connectivity index (χ0) is 29.5. The standard InChI is InChI=1S/C32H30N6O5/c1-34-11-13-36(14-12-34)32(39)27-18-35(17-26(27)25-8-4-6-23-5-2-3-7-24(23)25)19-28-31(38(40)41)33-20-37(28)16-22-9-10-29-30(15-22)43-21-42-29/h2-10,15,17-18,20H,11-14,16,19,21H2,1H3. The van der Waals surface area contributed by atoms with Crippen LogP contribution in [0.3, 0.4) is 0 Å². The summed E-state index contributed by atoms with van der Waals surface area (Å²) in [6, 6.07) is 19.8. The van der Waals surface area contributed by atoms with Crippen molar-refractivity contribution < 1.29 is 19.2 Å². The summed E-state index contributed by atoms with van der Waals surface area (Å²) in [5, 5.41) is 14.1. The molecule has 1 amide bonds. The Morgan fingerprint density at radius 3 is 2.56 bits per heavy atom. The third kappa shape index (κ3) is 5.08. The molecule has 0 N–H and O–H groups in total. The number of piperazine rings is 1. The highest BCUT2D eigenvalue weighted by atomic mass is 16.7. The van der Waals surface area contributed by atoms with Gasteiger partial charge in [-0.3, -0.25) is 4.79 Å².